The molecule has 1 aromatic carbocycles. The van der Waals surface area contributed by atoms with E-state index in [4.69, 9.17) is 9.47 Å². The van der Waals surface area contributed by atoms with E-state index in [1.807, 2.05) is 19.2 Å². The number of aliphatic hydroxyl groups is 2. The third-order valence-electron chi connectivity index (χ3n) is 5.18. The molecule has 0 saturated carbocycles. The molecule has 0 radical (unpaired) electrons. The van der Waals surface area contributed by atoms with Gasteiger partial charge in [-0.2, -0.15) is 0 Å². The van der Waals surface area contributed by atoms with E-state index in [0.717, 1.165) is 23.4 Å². The van der Waals surface area contributed by atoms with Crippen LogP contribution in [0.25, 0.3) is 0 Å². The molecule has 118 valence electrons. The molecule has 0 unspecified atom stereocenters. The van der Waals surface area contributed by atoms with E-state index in [-0.39, 0.29) is 6.10 Å². The van der Waals surface area contributed by atoms with Gasteiger partial charge in [-0.3, -0.25) is 4.90 Å². The van der Waals surface area contributed by atoms with E-state index in [9.17, 15) is 10.2 Å². The summed E-state index contributed by atoms with van der Waals surface area (Å²) >= 11 is 0. The van der Waals surface area contributed by atoms with Crippen molar-refractivity contribution in [2.75, 3.05) is 20.7 Å². The van der Waals surface area contributed by atoms with Gasteiger partial charge in [0.25, 0.3) is 0 Å². The first kappa shape index (κ1) is 14.1. The fourth-order valence-corrected chi connectivity index (χ4v) is 4.19. The highest BCUT2D eigenvalue weighted by Gasteiger charge is 2.57. The first-order valence-corrected chi connectivity index (χ1v) is 7.67. The van der Waals surface area contributed by atoms with Gasteiger partial charge in [0.15, 0.2) is 11.5 Å². The number of methoxy groups -OCH3 is 1. The fourth-order valence-electron chi connectivity index (χ4n) is 4.19. The summed E-state index contributed by atoms with van der Waals surface area (Å²) in [5.74, 6) is 1.41. The van der Waals surface area contributed by atoms with Crippen LogP contribution in [0.1, 0.15) is 17.5 Å². The van der Waals surface area contributed by atoms with Gasteiger partial charge in [0.1, 0.15) is 6.10 Å². The third-order valence-corrected chi connectivity index (χ3v) is 5.18. The van der Waals surface area contributed by atoms with Crippen LogP contribution >= 0.6 is 0 Å². The predicted octanol–water partition coefficient (Wildman–Crippen LogP) is 0.821. The molecule has 22 heavy (non-hydrogen) atoms. The second-order valence-corrected chi connectivity index (χ2v) is 6.55. The first-order chi connectivity index (χ1) is 10.6. The number of rotatable bonds is 1. The van der Waals surface area contributed by atoms with Gasteiger partial charge in [0, 0.05) is 25.1 Å². The summed E-state index contributed by atoms with van der Waals surface area (Å²) in [7, 11) is 3.63. The number of likely N-dealkylation sites (N-methyl/N-ethyl adjacent to an activating group) is 1. The van der Waals surface area contributed by atoms with E-state index >= 15 is 0 Å². The molecule has 2 N–H and O–H groups in total. The molecule has 5 nitrogen and oxygen atoms in total. The number of nitrogens with zero attached hydrogens (tertiary/aromatic N) is 1. The maximum absolute atomic E-state index is 10.9. The Kier molecular flexibility index (Phi) is 3.01. The van der Waals surface area contributed by atoms with E-state index in [1.54, 1.807) is 13.2 Å². The second-order valence-electron chi connectivity index (χ2n) is 6.55. The summed E-state index contributed by atoms with van der Waals surface area (Å²) in [5, 5.41) is 20.9. The van der Waals surface area contributed by atoms with Gasteiger partial charge < -0.3 is 19.7 Å². The number of hydrogen-bond acceptors (Lipinski definition) is 5. The van der Waals surface area contributed by atoms with Crippen molar-refractivity contribution in [1.29, 1.82) is 0 Å². The lowest BCUT2D eigenvalue weighted by molar-refractivity contribution is 0.00643. The molecule has 4 atom stereocenters. The van der Waals surface area contributed by atoms with Gasteiger partial charge in [-0.15, -0.1) is 0 Å². The molecule has 2 heterocycles. The molecule has 0 bridgehead atoms. The van der Waals surface area contributed by atoms with Gasteiger partial charge in [-0.25, -0.2) is 0 Å². The average molecular weight is 303 g/mol. The zero-order valence-electron chi connectivity index (χ0n) is 12.8. The summed E-state index contributed by atoms with van der Waals surface area (Å²) in [6.07, 6.45) is 2.83. The van der Waals surface area contributed by atoms with Crippen LogP contribution in [0.4, 0.5) is 0 Å². The molecule has 0 saturated heterocycles. The zero-order chi connectivity index (χ0) is 15.5. The molecule has 4 rings (SSSR count). The molecular formula is C17H21NO4. The van der Waals surface area contributed by atoms with E-state index in [2.05, 4.69) is 11.0 Å². The van der Waals surface area contributed by atoms with Crippen molar-refractivity contribution in [3.05, 3.63) is 35.4 Å². The van der Waals surface area contributed by atoms with Crippen molar-refractivity contribution in [3.63, 3.8) is 0 Å². The van der Waals surface area contributed by atoms with Crippen molar-refractivity contribution in [2.24, 2.45) is 0 Å². The second kappa shape index (κ2) is 4.72. The van der Waals surface area contributed by atoms with Crippen LogP contribution in [0.5, 0.6) is 11.5 Å². The SMILES string of the molecule is COc1ccc2c3c1O[C@@H]1C[C@H](O)C=C[C@]31[C@H](O)CN(C)C2. The summed E-state index contributed by atoms with van der Waals surface area (Å²) < 4.78 is 11.6. The van der Waals surface area contributed by atoms with Crippen molar-refractivity contribution >= 4 is 0 Å². The van der Waals surface area contributed by atoms with Crippen LogP contribution in [0.2, 0.25) is 0 Å². The maximum Gasteiger partial charge on any atom is 0.166 e. The topological polar surface area (TPSA) is 62.2 Å². The molecular weight excluding hydrogens is 282 g/mol. The zero-order valence-corrected chi connectivity index (χ0v) is 12.8. The van der Waals surface area contributed by atoms with Crippen molar-refractivity contribution in [3.8, 4) is 11.5 Å². The monoisotopic (exact) mass is 303 g/mol. The Hall–Kier alpha value is -1.56. The standard InChI is InChI=1S/C17H21NO4/c1-18-8-10-3-4-12(21-2)16-15(10)17(13(20)9-18)6-5-11(19)7-14(17)22-16/h3-6,11,13-14,19-20H,7-9H2,1-2H3/t11-,13-,14-,17-/m1/s1. The number of aliphatic hydroxyl groups excluding tert-OH is 2. The number of benzene rings is 1. The number of ether oxygens (including phenoxy) is 2. The Labute approximate surface area is 129 Å². The van der Waals surface area contributed by atoms with Gasteiger partial charge in [-0.1, -0.05) is 18.2 Å². The van der Waals surface area contributed by atoms with E-state index < -0.39 is 17.6 Å². The highest BCUT2D eigenvalue weighted by atomic mass is 16.5. The Bertz CT molecular complexity index is 644. The Balaban J connectivity index is 1.99. The van der Waals surface area contributed by atoms with Crippen LogP contribution in [0, 0.1) is 0 Å². The van der Waals surface area contributed by atoms with Gasteiger partial charge in [0.05, 0.1) is 24.7 Å². The first-order valence-electron chi connectivity index (χ1n) is 7.67. The summed E-state index contributed by atoms with van der Waals surface area (Å²) in [5.41, 5.74) is 1.58. The molecule has 0 amide bonds. The number of β-amino-alcohol motifs (C(OH)–C–C–N with tert-alkyl or cyclic N) is 1. The Morgan fingerprint density at radius 3 is 2.95 bits per heavy atom. The highest BCUT2D eigenvalue weighted by molar-refractivity contribution is 5.61. The minimum absolute atomic E-state index is 0.265. The van der Waals surface area contributed by atoms with Crippen LogP contribution in [0.15, 0.2) is 24.3 Å². The van der Waals surface area contributed by atoms with Gasteiger partial charge in [-0.05, 0) is 18.7 Å². The maximum atomic E-state index is 10.9. The van der Waals surface area contributed by atoms with Crippen LogP contribution in [-0.2, 0) is 12.0 Å². The van der Waals surface area contributed by atoms with Crippen LogP contribution in [-0.4, -0.2) is 54.1 Å². The van der Waals surface area contributed by atoms with E-state index in [1.165, 1.54) is 0 Å². The van der Waals surface area contributed by atoms with Crippen LogP contribution < -0.4 is 9.47 Å². The predicted molar refractivity (Wildman–Crippen MR) is 81.2 cm³/mol. The molecule has 2 aliphatic heterocycles. The largest absolute Gasteiger partial charge is 0.493 e. The molecule has 1 spiro atoms. The molecule has 3 aliphatic rings. The molecule has 1 aromatic rings. The average Bonchev–Trinajstić information content (AvgIpc) is 2.77. The van der Waals surface area contributed by atoms with Crippen molar-refractivity contribution in [2.45, 2.75) is 36.7 Å². The lowest BCUT2D eigenvalue weighted by Gasteiger charge is -2.39. The smallest absolute Gasteiger partial charge is 0.166 e. The number of hydrogen-bond donors (Lipinski definition) is 2. The summed E-state index contributed by atoms with van der Waals surface area (Å²) in [4.78, 5) is 2.12. The lowest BCUT2D eigenvalue weighted by Crippen LogP contribution is -2.52. The van der Waals surface area contributed by atoms with E-state index in [0.29, 0.717) is 18.7 Å². The van der Waals surface area contributed by atoms with Gasteiger partial charge >= 0.3 is 0 Å². The molecule has 5 heteroatoms. The summed E-state index contributed by atoms with van der Waals surface area (Å²) in [6.45, 7) is 1.33. The quantitative estimate of drug-likeness (QED) is 0.752. The highest BCUT2D eigenvalue weighted by Crippen LogP contribution is 2.55. The Morgan fingerprint density at radius 1 is 1.36 bits per heavy atom. The molecule has 0 fully saturated rings. The minimum Gasteiger partial charge on any atom is -0.493 e. The summed E-state index contributed by atoms with van der Waals surface area (Å²) in [6, 6.07) is 3.98. The third kappa shape index (κ3) is 1.70. The Morgan fingerprint density at radius 2 is 2.18 bits per heavy atom. The fraction of sp³-hybridized carbons (Fsp3) is 0.529. The minimum atomic E-state index is -0.594. The van der Waals surface area contributed by atoms with Gasteiger partial charge in [0.2, 0.25) is 0 Å². The van der Waals surface area contributed by atoms with Crippen molar-refractivity contribution < 1.29 is 19.7 Å². The van der Waals surface area contributed by atoms with Crippen molar-refractivity contribution in [1.82, 2.24) is 4.90 Å². The van der Waals surface area contributed by atoms with Crippen LogP contribution in [0.3, 0.4) is 0 Å². The molecule has 1 aliphatic carbocycles. The molecule has 0 aromatic heterocycles. The lowest BCUT2D eigenvalue weighted by atomic mass is 9.67. The normalized spacial score (nSPS) is 36.3.